The van der Waals surface area contributed by atoms with Crippen molar-refractivity contribution in [2.45, 2.75) is 341 Å². The quantitative estimate of drug-likeness (QED) is 0.0169. The number of allylic oxidation sites excluding steroid dienone is 22. The van der Waals surface area contributed by atoms with Gasteiger partial charge in [0.05, 0.1) is 26.4 Å². The number of hydrogen-bond acceptors (Lipinski definition) is 15. The molecule has 0 bridgehead atoms. The molecule has 0 aromatic rings. The van der Waals surface area contributed by atoms with Crippen LogP contribution in [-0.2, 0) is 65.4 Å². The van der Waals surface area contributed by atoms with Gasteiger partial charge < -0.3 is 33.8 Å². The molecule has 104 heavy (non-hydrogen) atoms. The molecule has 0 heterocycles. The van der Waals surface area contributed by atoms with Crippen LogP contribution in [0.25, 0.3) is 0 Å². The number of phosphoric ester groups is 2. The normalized spacial score (nSPS) is 14.6. The lowest BCUT2D eigenvalue weighted by Gasteiger charge is -2.21. The van der Waals surface area contributed by atoms with Crippen LogP contribution in [0.4, 0.5) is 0 Å². The van der Waals surface area contributed by atoms with E-state index in [9.17, 15) is 43.2 Å². The van der Waals surface area contributed by atoms with Crippen LogP contribution in [0.1, 0.15) is 323 Å². The summed E-state index contributed by atoms with van der Waals surface area (Å²) in [6.07, 6.45) is 85.9. The van der Waals surface area contributed by atoms with E-state index in [2.05, 4.69) is 143 Å². The molecular weight excluding hydrogens is 1350 g/mol. The maximum Gasteiger partial charge on any atom is 0.472 e. The van der Waals surface area contributed by atoms with Crippen LogP contribution in [0.15, 0.2) is 134 Å². The highest BCUT2D eigenvalue weighted by Crippen LogP contribution is 2.45. The standard InChI is InChI=1S/C85H144O17P2/c1-5-9-13-17-21-25-29-32-35-37-39-41-44-46-50-53-57-61-65-69-82(87)95-75-80(101-84(89)71-67-63-59-55-49-28-24-20-16-12-8-4)77-99-103(91,92)97-73-79(86)74-98-104(93,94)100-78-81(102-85(90)72-68-64-60-56-52-48-43-34-31-27-23-19-15-11-7-3)76-96-83(88)70-66-62-58-54-51-47-45-42-40-38-36-33-30-26-22-18-14-10-6-2/h10,14,21-23,25-27,32-36,39-43,47,51,58,62,79-81,86H,5-9,11-13,15-20,24,28-31,37-38,44-46,48-50,52-57,59-61,63-78H2,1-4H3,(H,91,92)(H,93,94)/b14-10-,25-21-,26-22-,27-23-,35-32-,36-33-,41-39-,42-40-,43-34-,51-47-,62-58-. The van der Waals surface area contributed by atoms with Gasteiger partial charge in [-0.2, -0.15) is 0 Å². The lowest BCUT2D eigenvalue weighted by atomic mass is 10.1. The van der Waals surface area contributed by atoms with E-state index in [1.54, 1.807) is 0 Å². The van der Waals surface area contributed by atoms with Gasteiger partial charge in [-0.05, 0) is 135 Å². The zero-order valence-electron chi connectivity index (χ0n) is 65.2. The van der Waals surface area contributed by atoms with Crippen LogP contribution in [-0.4, -0.2) is 96.7 Å². The van der Waals surface area contributed by atoms with Crippen LogP contribution in [0.2, 0.25) is 0 Å². The minimum atomic E-state index is -5.00. The Hall–Kier alpha value is -4.80. The SMILES string of the molecule is CC/C=C\C/C=C\C/C=C\C/C=C\C/C=C\C/C=C\CCC(=O)OCC(COP(=O)(O)OCC(O)COP(=O)(O)OCC(COC(=O)CCCCCCCC/C=C\C/C=C\C/C=C\CCCCC)OC(=O)CCCCCCCCCCCCC)OC(=O)CCCCCCC/C=C\C/C=C\CCCCC. The average Bonchev–Trinajstić information content (AvgIpc) is 0.929. The van der Waals surface area contributed by atoms with Crippen LogP contribution >= 0.6 is 15.6 Å². The Kier molecular flexibility index (Phi) is 72.9. The van der Waals surface area contributed by atoms with E-state index in [-0.39, 0.29) is 25.7 Å². The Morgan fingerprint density at radius 1 is 0.279 bits per heavy atom. The number of phosphoric acid groups is 2. The number of aliphatic hydroxyl groups excluding tert-OH is 1. The number of carbonyl (C=O) groups is 4. The third-order valence-corrected chi connectivity index (χ3v) is 18.5. The molecule has 19 heteroatoms. The van der Waals surface area contributed by atoms with Crippen molar-refractivity contribution in [1.82, 2.24) is 0 Å². The molecule has 3 N–H and O–H groups in total. The van der Waals surface area contributed by atoms with Gasteiger partial charge in [-0.15, -0.1) is 0 Å². The van der Waals surface area contributed by atoms with Crippen molar-refractivity contribution in [2.75, 3.05) is 39.6 Å². The molecule has 0 aromatic heterocycles. The van der Waals surface area contributed by atoms with Gasteiger partial charge >= 0.3 is 39.5 Å². The third kappa shape index (κ3) is 75.4. The van der Waals surface area contributed by atoms with E-state index in [0.717, 1.165) is 161 Å². The summed E-state index contributed by atoms with van der Waals surface area (Å²) in [7, 11) is -9.98. The Labute approximate surface area is 631 Å². The minimum Gasteiger partial charge on any atom is -0.462 e. The summed E-state index contributed by atoms with van der Waals surface area (Å²) in [5.74, 6) is -2.30. The Bertz CT molecular complexity index is 2490. The topological polar surface area (TPSA) is 237 Å². The van der Waals surface area contributed by atoms with Crippen LogP contribution < -0.4 is 0 Å². The fraction of sp³-hybridized carbons (Fsp3) is 0.694. The first-order valence-corrected chi connectivity index (χ1v) is 43.4. The van der Waals surface area contributed by atoms with Crippen molar-refractivity contribution in [1.29, 1.82) is 0 Å². The van der Waals surface area contributed by atoms with Gasteiger partial charge in [0, 0.05) is 25.7 Å². The Balaban J connectivity index is 5.40. The number of esters is 4. The number of aliphatic hydroxyl groups is 1. The summed E-state index contributed by atoms with van der Waals surface area (Å²) in [6.45, 7) is 4.60. The van der Waals surface area contributed by atoms with Gasteiger partial charge in [0.15, 0.2) is 12.2 Å². The van der Waals surface area contributed by atoms with Crippen molar-refractivity contribution in [3.05, 3.63) is 134 Å². The van der Waals surface area contributed by atoms with Gasteiger partial charge in [0.25, 0.3) is 0 Å². The second kappa shape index (κ2) is 76.4. The fourth-order valence-corrected chi connectivity index (χ4v) is 12.0. The van der Waals surface area contributed by atoms with Crippen LogP contribution in [0.3, 0.4) is 0 Å². The van der Waals surface area contributed by atoms with E-state index in [4.69, 9.17) is 37.0 Å². The van der Waals surface area contributed by atoms with Crippen molar-refractivity contribution < 1.29 is 80.2 Å². The number of ether oxygens (including phenoxy) is 4. The van der Waals surface area contributed by atoms with E-state index in [0.29, 0.717) is 32.1 Å². The Morgan fingerprint density at radius 3 is 0.846 bits per heavy atom. The molecule has 0 spiro atoms. The summed E-state index contributed by atoms with van der Waals surface area (Å²) < 4.78 is 68.5. The molecule has 0 aliphatic carbocycles. The predicted octanol–water partition coefficient (Wildman–Crippen LogP) is 23.7. The molecule has 0 amide bonds. The molecule has 0 aromatic carbocycles. The summed E-state index contributed by atoms with van der Waals surface area (Å²) >= 11 is 0. The largest absolute Gasteiger partial charge is 0.472 e. The third-order valence-electron chi connectivity index (χ3n) is 16.6. The van der Waals surface area contributed by atoms with E-state index in [1.807, 2.05) is 18.2 Å². The number of carbonyl (C=O) groups excluding carboxylic acids is 4. The molecule has 0 saturated heterocycles. The number of hydrogen-bond donors (Lipinski definition) is 3. The predicted molar refractivity (Wildman–Crippen MR) is 427 cm³/mol. The fourth-order valence-electron chi connectivity index (χ4n) is 10.5. The molecule has 5 unspecified atom stereocenters. The number of unbranched alkanes of at least 4 members (excludes halogenated alkanes) is 27. The molecule has 0 aliphatic rings. The molecule has 0 radical (unpaired) electrons. The first-order chi connectivity index (χ1) is 50.7. The van der Waals surface area contributed by atoms with Crippen molar-refractivity contribution in [2.24, 2.45) is 0 Å². The maximum absolute atomic E-state index is 13.1. The molecule has 0 fully saturated rings. The summed E-state index contributed by atoms with van der Waals surface area (Å²) in [4.78, 5) is 73.0. The van der Waals surface area contributed by atoms with E-state index in [1.165, 1.54) is 77.0 Å². The van der Waals surface area contributed by atoms with E-state index < -0.39 is 97.5 Å². The van der Waals surface area contributed by atoms with Gasteiger partial charge in [-0.1, -0.05) is 296 Å². The molecular formula is C85H144O17P2. The second-order valence-electron chi connectivity index (χ2n) is 26.6. The highest BCUT2D eigenvalue weighted by Gasteiger charge is 2.30. The van der Waals surface area contributed by atoms with Gasteiger partial charge in [-0.3, -0.25) is 37.3 Å². The number of rotatable bonds is 75. The van der Waals surface area contributed by atoms with Crippen molar-refractivity contribution in [3.63, 3.8) is 0 Å². The summed E-state index contributed by atoms with van der Waals surface area (Å²) in [5.41, 5.74) is 0. The van der Waals surface area contributed by atoms with Crippen molar-refractivity contribution in [3.8, 4) is 0 Å². The highest BCUT2D eigenvalue weighted by molar-refractivity contribution is 7.47. The van der Waals surface area contributed by atoms with Crippen LogP contribution in [0, 0.1) is 0 Å². The second-order valence-corrected chi connectivity index (χ2v) is 29.5. The Morgan fingerprint density at radius 2 is 0.519 bits per heavy atom. The van der Waals surface area contributed by atoms with Gasteiger partial charge in [0.2, 0.25) is 0 Å². The molecule has 596 valence electrons. The first-order valence-electron chi connectivity index (χ1n) is 40.4. The maximum atomic E-state index is 13.1. The molecule has 0 rings (SSSR count). The molecule has 17 nitrogen and oxygen atoms in total. The lowest BCUT2D eigenvalue weighted by Crippen LogP contribution is -2.30. The average molecular weight is 1500 g/mol. The minimum absolute atomic E-state index is 0.0305. The monoisotopic (exact) mass is 1500 g/mol. The van der Waals surface area contributed by atoms with E-state index >= 15 is 0 Å². The van der Waals surface area contributed by atoms with Gasteiger partial charge in [-0.25, -0.2) is 9.13 Å². The van der Waals surface area contributed by atoms with Gasteiger partial charge in [0.1, 0.15) is 19.3 Å². The molecule has 0 saturated carbocycles. The summed E-state index contributed by atoms with van der Waals surface area (Å²) in [6, 6.07) is 0. The zero-order valence-corrected chi connectivity index (χ0v) is 66.9. The highest BCUT2D eigenvalue weighted by atomic mass is 31.2. The van der Waals surface area contributed by atoms with Crippen LogP contribution in [0.5, 0.6) is 0 Å². The lowest BCUT2D eigenvalue weighted by molar-refractivity contribution is -0.161. The first kappa shape index (κ1) is 99.2. The van der Waals surface area contributed by atoms with Crippen molar-refractivity contribution >= 4 is 39.5 Å². The molecule has 0 aliphatic heterocycles. The smallest absolute Gasteiger partial charge is 0.462 e. The zero-order chi connectivity index (χ0) is 76.0. The molecule has 5 atom stereocenters. The summed E-state index contributed by atoms with van der Waals surface area (Å²) in [5, 5.41) is 10.6.